The van der Waals surface area contributed by atoms with E-state index < -0.39 is 0 Å². The Balaban J connectivity index is 2.19. The van der Waals surface area contributed by atoms with Crippen molar-refractivity contribution < 1.29 is 0 Å². The maximum atomic E-state index is 3.68. The third-order valence-electron chi connectivity index (χ3n) is 3.30. The van der Waals surface area contributed by atoms with Crippen molar-refractivity contribution >= 4 is 43.2 Å². The molecule has 1 aromatic heterocycles. The molecule has 20 heavy (non-hydrogen) atoms. The molecule has 4 heteroatoms. The first kappa shape index (κ1) is 16.2. The van der Waals surface area contributed by atoms with E-state index in [9.17, 15) is 0 Å². The summed E-state index contributed by atoms with van der Waals surface area (Å²) in [7, 11) is 0. The first-order valence-corrected chi connectivity index (χ1v) is 9.24. The van der Waals surface area contributed by atoms with Gasteiger partial charge in [0.05, 0.1) is 3.79 Å². The third kappa shape index (κ3) is 4.42. The van der Waals surface area contributed by atoms with E-state index in [1.165, 1.54) is 19.8 Å². The van der Waals surface area contributed by atoms with Crippen LogP contribution in [0.1, 0.15) is 35.4 Å². The molecule has 1 unspecified atom stereocenters. The Morgan fingerprint density at radius 1 is 1.20 bits per heavy atom. The fraction of sp³-hybridized carbons (Fsp3) is 0.375. The monoisotopic (exact) mass is 415 g/mol. The molecule has 0 aliphatic rings. The fourth-order valence-electron chi connectivity index (χ4n) is 2.27. The Labute approximate surface area is 142 Å². The molecule has 0 aliphatic carbocycles. The van der Waals surface area contributed by atoms with Gasteiger partial charge in [0.2, 0.25) is 0 Å². The first-order chi connectivity index (χ1) is 9.60. The summed E-state index contributed by atoms with van der Waals surface area (Å²) in [6.07, 6.45) is 2.18. The van der Waals surface area contributed by atoms with Crippen molar-refractivity contribution in [3.8, 4) is 0 Å². The molecule has 1 nitrogen and oxygen atoms in total. The Morgan fingerprint density at radius 3 is 2.45 bits per heavy atom. The summed E-state index contributed by atoms with van der Waals surface area (Å²) in [6, 6.07) is 11.3. The lowest BCUT2D eigenvalue weighted by Crippen LogP contribution is -2.24. The topological polar surface area (TPSA) is 12.0 Å². The van der Waals surface area contributed by atoms with Crippen LogP contribution in [0.25, 0.3) is 0 Å². The first-order valence-electron chi connectivity index (χ1n) is 6.83. The highest BCUT2D eigenvalue weighted by molar-refractivity contribution is 9.11. The summed E-state index contributed by atoms with van der Waals surface area (Å²) in [5, 5.41) is 3.68. The van der Waals surface area contributed by atoms with Gasteiger partial charge in [-0.1, -0.05) is 35.0 Å². The van der Waals surface area contributed by atoms with Crippen molar-refractivity contribution in [2.75, 3.05) is 6.54 Å². The van der Waals surface area contributed by atoms with Gasteiger partial charge in [-0.25, -0.2) is 0 Å². The lowest BCUT2D eigenvalue weighted by molar-refractivity contribution is 0.528. The van der Waals surface area contributed by atoms with Gasteiger partial charge in [0.15, 0.2) is 0 Å². The highest BCUT2D eigenvalue weighted by Crippen LogP contribution is 2.32. The van der Waals surface area contributed by atoms with E-state index >= 15 is 0 Å². The minimum Gasteiger partial charge on any atom is -0.310 e. The van der Waals surface area contributed by atoms with E-state index in [2.05, 4.69) is 81.4 Å². The molecule has 1 atom stereocenters. The van der Waals surface area contributed by atoms with Crippen LogP contribution in [-0.2, 0) is 6.42 Å². The molecule has 0 amide bonds. The molecule has 0 fully saturated rings. The number of hydrogen-bond donors (Lipinski definition) is 1. The molecular formula is C16H19Br2NS. The Bertz CT molecular complexity index is 548. The fourth-order valence-corrected chi connectivity index (χ4v) is 4.31. The summed E-state index contributed by atoms with van der Waals surface area (Å²) in [4.78, 5) is 1.39. The van der Waals surface area contributed by atoms with Crippen LogP contribution in [0, 0.1) is 6.92 Å². The van der Waals surface area contributed by atoms with Crippen molar-refractivity contribution in [2.45, 2.75) is 32.7 Å². The van der Waals surface area contributed by atoms with Crippen molar-refractivity contribution in [1.29, 1.82) is 0 Å². The minimum atomic E-state index is 0.388. The molecule has 108 valence electrons. The summed E-state index contributed by atoms with van der Waals surface area (Å²) in [5.74, 6) is 0. The smallest absolute Gasteiger partial charge is 0.0704 e. The summed E-state index contributed by atoms with van der Waals surface area (Å²) in [6.45, 7) is 5.46. The molecule has 2 rings (SSSR count). The number of nitrogens with one attached hydrogen (secondary N) is 1. The van der Waals surface area contributed by atoms with Gasteiger partial charge < -0.3 is 5.32 Å². The van der Waals surface area contributed by atoms with Crippen molar-refractivity contribution in [2.24, 2.45) is 0 Å². The van der Waals surface area contributed by atoms with Crippen LogP contribution < -0.4 is 5.32 Å². The zero-order valence-electron chi connectivity index (χ0n) is 11.7. The van der Waals surface area contributed by atoms with Gasteiger partial charge in [0.1, 0.15) is 0 Å². The average Bonchev–Trinajstić information content (AvgIpc) is 2.76. The Morgan fingerprint density at radius 2 is 1.90 bits per heavy atom. The van der Waals surface area contributed by atoms with Crippen LogP contribution in [0.5, 0.6) is 0 Å². The normalized spacial score (nSPS) is 12.6. The van der Waals surface area contributed by atoms with Gasteiger partial charge in [-0.15, -0.1) is 11.3 Å². The number of halogens is 2. The lowest BCUT2D eigenvalue weighted by Gasteiger charge is -2.19. The van der Waals surface area contributed by atoms with Crippen LogP contribution in [0.15, 0.2) is 38.6 Å². The molecule has 0 bridgehead atoms. The van der Waals surface area contributed by atoms with Crippen LogP contribution >= 0.6 is 43.2 Å². The molecule has 1 heterocycles. The third-order valence-corrected chi connectivity index (χ3v) is 5.39. The van der Waals surface area contributed by atoms with Crippen molar-refractivity contribution in [3.05, 3.63) is 54.6 Å². The maximum absolute atomic E-state index is 3.68. The van der Waals surface area contributed by atoms with Gasteiger partial charge in [0, 0.05) is 15.4 Å². The molecule has 0 aliphatic heterocycles. The number of rotatable bonds is 6. The molecule has 0 saturated carbocycles. The summed E-state index contributed by atoms with van der Waals surface area (Å²) >= 11 is 8.91. The SMILES string of the molecule is CCCNC(Cc1ccc(Br)cc1)c1cc(Br)sc1C. The second kappa shape index (κ2) is 7.74. The van der Waals surface area contributed by atoms with E-state index in [1.807, 2.05) is 11.3 Å². The van der Waals surface area contributed by atoms with Gasteiger partial charge >= 0.3 is 0 Å². The number of benzene rings is 1. The van der Waals surface area contributed by atoms with Gasteiger partial charge in [-0.2, -0.15) is 0 Å². The molecule has 1 aromatic carbocycles. The lowest BCUT2D eigenvalue weighted by atomic mass is 9.99. The number of thiophene rings is 1. The highest BCUT2D eigenvalue weighted by Gasteiger charge is 2.16. The van der Waals surface area contributed by atoms with Crippen molar-refractivity contribution in [1.82, 2.24) is 5.32 Å². The molecular weight excluding hydrogens is 398 g/mol. The molecule has 2 aromatic rings. The predicted octanol–water partition coefficient (Wildman–Crippen LogP) is 5.86. The van der Waals surface area contributed by atoms with Gasteiger partial charge in [-0.3, -0.25) is 0 Å². The summed E-state index contributed by atoms with van der Waals surface area (Å²) in [5.41, 5.74) is 2.78. The Hall–Kier alpha value is -0.160. The second-order valence-corrected chi connectivity index (χ2v) is 8.45. The van der Waals surface area contributed by atoms with Crippen LogP contribution in [-0.4, -0.2) is 6.54 Å². The van der Waals surface area contributed by atoms with Gasteiger partial charge in [-0.05, 0) is 71.6 Å². The summed E-state index contributed by atoms with van der Waals surface area (Å²) < 4.78 is 2.35. The number of hydrogen-bond acceptors (Lipinski definition) is 2. The Kier molecular flexibility index (Phi) is 6.27. The predicted molar refractivity (Wildman–Crippen MR) is 95.6 cm³/mol. The molecule has 0 saturated heterocycles. The van der Waals surface area contributed by atoms with Crippen LogP contribution in [0.4, 0.5) is 0 Å². The number of aryl methyl sites for hydroxylation is 1. The quantitative estimate of drug-likeness (QED) is 0.621. The average molecular weight is 417 g/mol. The maximum Gasteiger partial charge on any atom is 0.0704 e. The second-order valence-electron chi connectivity index (χ2n) is 4.90. The zero-order chi connectivity index (χ0) is 14.5. The minimum absolute atomic E-state index is 0.388. The standard InChI is InChI=1S/C16H19Br2NS/c1-3-8-19-15(14-10-16(18)20-11(14)2)9-12-4-6-13(17)7-5-12/h4-7,10,15,19H,3,8-9H2,1-2H3. The van der Waals surface area contributed by atoms with Crippen LogP contribution in [0.2, 0.25) is 0 Å². The van der Waals surface area contributed by atoms with E-state index in [1.54, 1.807) is 0 Å². The largest absolute Gasteiger partial charge is 0.310 e. The van der Waals surface area contributed by atoms with Crippen molar-refractivity contribution in [3.63, 3.8) is 0 Å². The van der Waals surface area contributed by atoms with E-state index in [4.69, 9.17) is 0 Å². The van der Waals surface area contributed by atoms with E-state index in [0.717, 1.165) is 23.9 Å². The highest BCUT2D eigenvalue weighted by atomic mass is 79.9. The zero-order valence-corrected chi connectivity index (χ0v) is 15.7. The van der Waals surface area contributed by atoms with E-state index in [0.29, 0.717) is 6.04 Å². The molecule has 0 spiro atoms. The van der Waals surface area contributed by atoms with Gasteiger partial charge in [0.25, 0.3) is 0 Å². The van der Waals surface area contributed by atoms with E-state index in [-0.39, 0.29) is 0 Å². The molecule has 0 radical (unpaired) electrons. The molecule has 1 N–H and O–H groups in total. The van der Waals surface area contributed by atoms with Crippen LogP contribution in [0.3, 0.4) is 0 Å².